The zero-order valence-electron chi connectivity index (χ0n) is 33.0. The maximum atomic E-state index is 2.30. The molecule has 278 valence electrons. The fraction of sp³-hybridized carbons (Fsp3) is 0.0169. The highest BCUT2D eigenvalue weighted by Crippen LogP contribution is 2.38. The van der Waals surface area contributed by atoms with Crippen molar-refractivity contribution in [3.63, 3.8) is 0 Å². The Morgan fingerprint density at radius 3 is 1.15 bits per heavy atom. The Hall–Kier alpha value is -7.54. The summed E-state index contributed by atoms with van der Waals surface area (Å²) >= 11 is 0. The topological polar surface area (TPSA) is 0 Å². The molecule has 0 atom stereocenters. The van der Waals surface area contributed by atoms with E-state index in [1.807, 2.05) is 0 Å². The summed E-state index contributed by atoms with van der Waals surface area (Å²) < 4.78 is 0. The van der Waals surface area contributed by atoms with Crippen LogP contribution in [0.1, 0.15) is 5.56 Å². The van der Waals surface area contributed by atoms with Crippen LogP contribution in [0.2, 0.25) is 0 Å². The van der Waals surface area contributed by atoms with Gasteiger partial charge in [0.1, 0.15) is 0 Å². The largest absolute Gasteiger partial charge is 0.0622 e. The first-order valence-corrected chi connectivity index (χ1v) is 20.4. The Morgan fingerprint density at radius 1 is 0.220 bits per heavy atom. The van der Waals surface area contributed by atoms with E-state index in [-0.39, 0.29) is 0 Å². The molecule has 11 rings (SSSR count). The fourth-order valence-electron chi connectivity index (χ4n) is 8.50. The molecular weight excluding hydrogens is 709 g/mol. The van der Waals surface area contributed by atoms with Crippen LogP contribution in [-0.2, 0) is 0 Å². The van der Waals surface area contributed by atoms with E-state index >= 15 is 0 Å². The van der Waals surface area contributed by atoms with Gasteiger partial charge in [-0.25, -0.2) is 0 Å². The maximum Gasteiger partial charge on any atom is -0.00268 e. The smallest absolute Gasteiger partial charge is 0.00268 e. The first-order chi connectivity index (χ1) is 29.1. The Kier molecular flexibility index (Phi) is 9.58. The van der Waals surface area contributed by atoms with Crippen molar-refractivity contribution >= 4 is 43.1 Å². The average Bonchev–Trinajstić information content (AvgIpc) is 3.31. The van der Waals surface area contributed by atoms with Crippen molar-refractivity contribution < 1.29 is 0 Å². The van der Waals surface area contributed by atoms with Crippen LogP contribution in [0.4, 0.5) is 0 Å². The van der Waals surface area contributed by atoms with Crippen LogP contribution in [-0.4, -0.2) is 0 Å². The van der Waals surface area contributed by atoms with E-state index in [2.05, 4.69) is 244 Å². The quantitative estimate of drug-likeness (QED) is 0.154. The monoisotopic (exact) mass is 750 g/mol. The first-order valence-electron chi connectivity index (χ1n) is 20.4. The fourth-order valence-corrected chi connectivity index (χ4v) is 8.50. The highest BCUT2D eigenvalue weighted by Gasteiger charge is 2.11. The highest BCUT2D eigenvalue weighted by atomic mass is 14.2. The molecule has 0 fully saturated rings. The minimum atomic E-state index is 1.23. The molecule has 0 saturated heterocycles. The van der Waals surface area contributed by atoms with Crippen LogP contribution in [0.15, 0.2) is 237 Å². The molecule has 0 N–H and O–H groups in total. The summed E-state index contributed by atoms with van der Waals surface area (Å²) in [7, 11) is 0. The number of fused-ring (bicyclic) bond motifs is 4. The zero-order chi connectivity index (χ0) is 39.5. The van der Waals surface area contributed by atoms with Gasteiger partial charge in [-0.3, -0.25) is 0 Å². The minimum absolute atomic E-state index is 1.23. The lowest BCUT2D eigenvalue weighted by atomic mass is 9.91. The van der Waals surface area contributed by atoms with Gasteiger partial charge in [-0.2, -0.15) is 0 Å². The predicted octanol–water partition coefficient (Wildman–Crippen LogP) is 16.6. The van der Waals surface area contributed by atoms with E-state index in [1.165, 1.54) is 104 Å². The van der Waals surface area contributed by atoms with E-state index in [9.17, 15) is 0 Å². The number of hydrogen-bond acceptors (Lipinski definition) is 0. The molecule has 0 aromatic heterocycles. The summed E-state index contributed by atoms with van der Waals surface area (Å²) in [5.41, 5.74) is 13.8. The summed E-state index contributed by atoms with van der Waals surface area (Å²) in [5, 5.41) is 10.3. The summed E-state index contributed by atoms with van der Waals surface area (Å²) in [6.07, 6.45) is 0. The van der Waals surface area contributed by atoms with Gasteiger partial charge in [-0.15, -0.1) is 0 Å². The molecular formula is C59H42. The van der Waals surface area contributed by atoms with Crippen molar-refractivity contribution in [1.29, 1.82) is 0 Å². The molecule has 0 heteroatoms. The molecule has 0 radical (unpaired) electrons. The van der Waals surface area contributed by atoms with Gasteiger partial charge >= 0.3 is 0 Å². The third-order valence-corrected chi connectivity index (χ3v) is 11.6. The van der Waals surface area contributed by atoms with E-state index in [4.69, 9.17) is 0 Å². The molecule has 0 aliphatic heterocycles. The molecule has 0 aliphatic rings. The summed E-state index contributed by atoms with van der Waals surface area (Å²) in [6, 6.07) is 85.4. The van der Waals surface area contributed by atoms with Gasteiger partial charge in [0.25, 0.3) is 0 Å². The minimum Gasteiger partial charge on any atom is -0.0622 e. The summed E-state index contributed by atoms with van der Waals surface area (Å²) in [4.78, 5) is 0. The van der Waals surface area contributed by atoms with Crippen molar-refractivity contribution in [2.75, 3.05) is 0 Å². The van der Waals surface area contributed by atoms with E-state index < -0.39 is 0 Å². The third-order valence-electron chi connectivity index (χ3n) is 11.6. The number of aryl methyl sites for hydroxylation is 1. The number of benzene rings is 11. The van der Waals surface area contributed by atoms with Crippen LogP contribution >= 0.6 is 0 Å². The van der Waals surface area contributed by atoms with Crippen molar-refractivity contribution in [2.45, 2.75) is 6.92 Å². The average molecular weight is 751 g/mol. The van der Waals surface area contributed by atoms with Crippen molar-refractivity contribution in [3.8, 4) is 55.6 Å². The molecule has 0 heterocycles. The second-order valence-corrected chi connectivity index (χ2v) is 15.4. The van der Waals surface area contributed by atoms with Crippen molar-refractivity contribution in [1.82, 2.24) is 0 Å². The van der Waals surface area contributed by atoms with Gasteiger partial charge < -0.3 is 0 Å². The maximum absolute atomic E-state index is 2.30. The van der Waals surface area contributed by atoms with Crippen LogP contribution in [0.5, 0.6) is 0 Å². The van der Waals surface area contributed by atoms with Gasteiger partial charge in [0, 0.05) is 0 Å². The van der Waals surface area contributed by atoms with Gasteiger partial charge in [-0.1, -0.05) is 224 Å². The Morgan fingerprint density at radius 2 is 0.627 bits per heavy atom. The highest BCUT2D eigenvalue weighted by molar-refractivity contribution is 6.12. The summed E-state index contributed by atoms with van der Waals surface area (Å²) in [5.74, 6) is 0. The predicted molar refractivity (Wildman–Crippen MR) is 255 cm³/mol. The van der Waals surface area contributed by atoms with E-state index in [0.717, 1.165) is 0 Å². The second-order valence-electron chi connectivity index (χ2n) is 15.4. The van der Waals surface area contributed by atoms with Crippen LogP contribution in [0.25, 0.3) is 98.7 Å². The molecule has 0 nitrogen and oxygen atoms in total. The Labute approximate surface area is 346 Å². The van der Waals surface area contributed by atoms with Gasteiger partial charge in [0.05, 0.1) is 0 Å². The number of rotatable bonds is 5. The Balaban J connectivity index is 0.000000176. The van der Waals surface area contributed by atoms with Crippen molar-refractivity contribution in [3.05, 3.63) is 242 Å². The zero-order valence-corrected chi connectivity index (χ0v) is 33.0. The lowest BCUT2D eigenvalue weighted by Gasteiger charge is -2.13. The lowest BCUT2D eigenvalue weighted by Crippen LogP contribution is -1.88. The molecule has 0 bridgehead atoms. The van der Waals surface area contributed by atoms with Crippen LogP contribution in [0.3, 0.4) is 0 Å². The number of hydrogen-bond donors (Lipinski definition) is 0. The SMILES string of the molecule is Cc1ccc(-c2ccc(-c3ccc4ccccc4c3)cc2)c(-c2ccc(-c3ccc4ccccc4c3)cc2)c1.c1ccc(-c2c3ccccc3cc3ccccc23)cc1. The van der Waals surface area contributed by atoms with E-state index in [0.29, 0.717) is 0 Å². The standard InChI is InChI=1S/C39H28.C20H14/c1-27-10-23-38(32-17-11-30(12-18-32)36-21-15-28-6-2-4-8-34(28)25-36)39(24-27)33-19-13-31(14-20-33)37-22-16-29-7-3-5-9-35(29)26-37;1-2-8-15(9-3-1)20-18-12-6-4-10-16(18)14-17-11-5-7-13-19(17)20/h2-26H,1H3;1-14H. The molecule has 11 aromatic carbocycles. The van der Waals surface area contributed by atoms with Crippen LogP contribution in [0, 0.1) is 6.92 Å². The second kappa shape index (κ2) is 15.8. The first kappa shape index (κ1) is 35.8. The molecule has 59 heavy (non-hydrogen) atoms. The molecule has 0 spiro atoms. The lowest BCUT2D eigenvalue weighted by molar-refractivity contribution is 1.46. The van der Waals surface area contributed by atoms with Gasteiger partial charge in [0.2, 0.25) is 0 Å². The summed E-state index contributed by atoms with van der Waals surface area (Å²) in [6.45, 7) is 2.17. The molecule has 11 aromatic rings. The van der Waals surface area contributed by atoms with Gasteiger partial charge in [-0.05, 0) is 124 Å². The Bertz CT molecular complexity index is 3190. The normalized spacial score (nSPS) is 11.1. The van der Waals surface area contributed by atoms with Crippen LogP contribution < -0.4 is 0 Å². The third kappa shape index (κ3) is 7.29. The molecule has 0 aliphatic carbocycles. The molecule has 0 saturated carbocycles. The molecule has 0 amide bonds. The van der Waals surface area contributed by atoms with Crippen molar-refractivity contribution in [2.24, 2.45) is 0 Å². The van der Waals surface area contributed by atoms with Gasteiger partial charge in [0.15, 0.2) is 0 Å². The molecule has 0 unspecified atom stereocenters. The van der Waals surface area contributed by atoms with E-state index in [1.54, 1.807) is 0 Å².